The lowest BCUT2D eigenvalue weighted by Crippen LogP contribution is -2.30. The van der Waals surface area contributed by atoms with Gasteiger partial charge in [0.2, 0.25) is 0 Å². The zero-order valence-corrected chi connectivity index (χ0v) is 47.7. The van der Waals surface area contributed by atoms with Crippen LogP contribution in [0.15, 0.2) is 328 Å². The molecule has 4 nitrogen and oxygen atoms in total. The summed E-state index contributed by atoms with van der Waals surface area (Å²) in [6.45, 7) is 8.77. The average molecular weight is 1110 g/mol. The predicted molar refractivity (Wildman–Crippen MR) is 368 cm³/mol. The quantitative estimate of drug-likeness (QED) is 0.0769. The molecule has 0 N–H and O–H groups in total. The number of anilines is 10. The van der Waals surface area contributed by atoms with Crippen LogP contribution >= 0.6 is 0 Å². The van der Waals surface area contributed by atoms with Crippen LogP contribution in [-0.2, 0) is 5.41 Å². The number of rotatable bonds is 10. The largest absolute Gasteiger partial charge is 0.306 e. The molecule has 0 amide bonds. The van der Waals surface area contributed by atoms with Crippen molar-refractivity contribution in [2.45, 2.75) is 5.41 Å². The van der Waals surface area contributed by atoms with E-state index >= 15 is 0 Å². The van der Waals surface area contributed by atoms with Crippen LogP contribution in [0.5, 0.6) is 0 Å². The van der Waals surface area contributed by atoms with Gasteiger partial charge < -0.3 is 19.6 Å². The lowest BCUT2D eigenvalue weighted by Gasteiger charge is -2.41. The van der Waals surface area contributed by atoms with Gasteiger partial charge in [0.25, 0.3) is 0 Å². The van der Waals surface area contributed by atoms with E-state index in [4.69, 9.17) is 0 Å². The van der Waals surface area contributed by atoms with Gasteiger partial charge in [0, 0.05) is 22.4 Å². The van der Waals surface area contributed by atoms with Crippen molar-refractivity contribution in [3.63, 3.8) is 0 Å². The van der Waals surface area contributed by atoms with Crippen LogP contribution in [0.1, 0.15) is 33.4 Å². The molecule has 0 radical (unpaired) electrons. The summed E-state index contributed by atoms with van der Waals surface area (Å²) in [4.78, 5) is 9.52. The van der Waals surface area contributed by atoms with Gasteiger partial charge in [-0.05, 0) is 179 Å². The molecule has 0 atom stereocenters. The van der Waals surface area contributed by atoms with Crippen molar-refractivity contribution in [3.05, 3.63) is 361 Å². The molecule has 0 fully saturated rings. The number of hydrogen-bond donors (Lipinski definition) is 0. The SMILES string of the molecule is C=CC1=C(C=C)N(c2ccc3c4cccc5c(/C=C/c6ccc7c(c6)C(c6ccccc6)(c6ccccc6)c6cc(N8c9ccccc9N(c9ccccc9)c9ccccc98)ccc6-7)ccc(c6cccc2c63)c54)c2ccccc2N1c1ccccc1. The predicted octanol–water partition coefficient (Wildman–Crippen LogP) is 22.4. The third-order valence-electron chi connectivity index (χ3n) is 18.4. The molecule has 0 bridgehead atoms. The summed E-state index contributed by atoms with van der Waals surface area (Å²) in [5, 5.41) is 9.86. The molecule has 0 unspecified atom stereocenters. The molecular weight excluding hydrogens is 1050 g/mol. The fraction of sp³-hybridized carbons (Fsp3) is 0.0120. The minimum atomic E-state index is -0.635. The van der Waals surface area contributed by atoms with Gasteiger partial charge in [-0.15, -0.1) is 0 Å². The summed E-state index contributed by atoms with van der Waals surface area (Å²) < 4.78 is 0. The topological polar surface area (TPSA) is 13.0 Å². The fourth-order valence-corrected chi connectivity index (χ4v) is 14.9. The molecule has 0 aromatic heterocycles. The highest BCUT2D eigenvalue weighted by molar-refractivity contribution is 6.35. The van der Waals surface area contributed by atoms with Crippen molar-refractivity contribution >= 4 is 112 Å². The van der Waals surface area contributed by atoms with E-state index in [9.17, 15) is 0 Å². The smallest absolute Gasteiger partial charge is 0.0714 e. The van der Waals surface area contributed by atoms with Crippen molar-refractivity contribution in [2.75, 3.05) is 19.6 Å². The highest BCUT2D eigenvalue weighted by Gasteiger charge is 2.47. The van der Waals surface area contributed by atoms with Crippen LogP contribution < -0.4 is 19.6 Å². The third kappa shape index (κ3) is 7.38. The molecule has 0 saturated heterocycles. The maximum atomic E-state index is 4.41. The lowest BCUT2D eigenvalue weighted by atomic mass is 9.67. The second kappa shape index (κ2) is 19.8. The first-order chi connectivity index (χ1) is 43.1. The monoisotopic (exact) mass is 1110 g/mol. The highest BCUT2D eigenvalue weighted by atomic mass is 15.3. The van der Waals surface area contributed by atoms with E-state index in [1.165, 1.54) is 82.0 Å². The van der Waals surface area contributed by atoms with Gasteiger partial charge in [-0.3, -0.25) is 0 Å². The Balaban J connectivity index is 0.794. The Kier molecular flexibility index (Phi) is 11.4. The van der Waals surface area contributed by atoms with Crippen LogP contribution in [0.4, 0.5) is 56.9 Å². The van der Waals surface area contributed by atoms with Crippen molar-refractivity contribution < 1.29 is 0 Å². The van der Waals surface area contributed by atoms with E-state index in [1.54, 1.807) is 0 Å². The summed E-state index contributed by atoms with van der Waals surface area (Å²) in [5.74, 6) is 0. The molecule has 0 spiro atoms. The second-order valence-corrected chi connectivity index (χ2v) is 22.8. The van der Waals surface area contributed by atoms with E-state index in [2.05, 4.69) is 336 Å². The molecule has 3 aliphatic rings. The first-order valence-electron chi connectivity index (χ1n) is 29.9. The van der Waals surface area contributed by atoms with Gasteiger partial charge >= 0.3 is 0 Å². The van der Waals surface area contributed by atoms with Crippen LogP contribution in [0.25, 0.3) is 66.4 Å². The van der Waals surface area contributed by atoms with Crippen LogP contribution in [-0.4, -0.2) is 0 Å². The normalized spacial score (nSPS) is 14.0. The average Bonchev–Trinajstić information content (AvgIpc) is 2.16. The molecule has 14 aromatic carbocycles. The fourth-order valence-electron chi connectivity index (χ4n) is 14.9. The number of fused-ring (bicyclic) bond motifs is 8. The minimum absolute atomic E-state index is 0.635. The van der Waals surface area contributed by atoms with Gasteiger partial charge in [0.15, 0.2) is 0 Å². The minimum Gasteiger partial charge on any atom is -0.306 e. The van der Waals surface area contributed by atoms with E-state index in [0.29, 0.717) is 0 Å². The van der Waals surface area contributed by atoms with Crippen LogP contribution in [0.3, 0.4) is 0 Å². The maximum Gasteiger partial charge on any atom is 0.0714 e. The number of hydrogen-bond acceptors (Lipinski definition) is 4. The molecule has 2 aliphatic heterocycles. The van der Waals surface area contributed by atoms with E-state index in [-0.39, 0.29) is 0 Å². The third-order valence-corrected chi connectivity index (χ3v) is 18.4. The number of nitrogens with zero attached hydrogens (tertiary/aromatic N) is 4. The van der Waals surface area contributed by atoms with E-state index in [0.717, 1.165) is 73.8 Å². The molecule has 1 aliphatic carbocycles. The summed E-state index contributed by atoms with van der Waals surface area (Å²) in [6.07, 6.45) is 8.57. The first-order valence-corrected chi connectivity index (χ1v) is 29.9. The molecule has 4 heteroatoms. The van der Waals surface area contributed by atoms with Gasteiger partial charge in [0.1, 0.15) is 0 Å². The van der Waals surface area contributed by atoms with Crippen molar-refractivity contribution in [1.29, 1.82) is 0 Å². The van der Waals surface area contributed by atoms with E-state index in [1.807, 2.05) is 12.2 Å². The molecule has 408 valence electrons. The number of benzene rings is 14. The Labute approximate surface area is 506 Å². The summed E-state index contributed by atoms with van der Waals surface area (Å²) in [6, 6.07) is 107. The Morgan fingerprint density at radius 3 is 1.25 bits per heavy atom. The molecule has 2 heterocycles. The van der Waals surface area contributed by atoms with Crippen molar-refractivity contribution in [1.82, 2.24) is 0 Å². The van der Waals surface area contributed by atoms with Crippen molar-refractivity contribution in [2.24, 2.45) is 0 Å². The Bertz CT molecular complexity index is 5050. The highest BCUT2D eigenvalue weighted by Crippen LogP contribution is 2.60. The molecule has 87 heavy (non-hydrogen) atoms. The second-order valence-electron chi connectivity index (χ2n) is 22.8. The lowest BCUT2D eigenvalue weighted by molar-refractivity contribution is 0.768. The zero-order valence-electron chi connectivity index (χ0n) is 47.7. The van der Waals surface area contributed by atoms with E-state index < -0.39 is 5.41 Å². The van der Waals surface area contributed by atoms with Gasteiger partial charge in [0.05, 0.1) is 56.6 Å². The molecular formula is C83H56N4. The maximum absolute atomic E-state index is 4.41. The number of allylic oxidation sites excluding steroid dienone is 2. The molecule has 0 saturated carbocycles. The molecule has 17 rings (SSSR count). The van der Waals surface area contributed by atoms with Crippen LogP contribution in [0, 0.1) is 0 Å². The number of para-hydroxylation sites is 8. The molecule has 14 aromatic rings. The van der Waals surface area contributed by atoms with Gasteiger partial charge in [-0.25, -0.2) is 0 Å². The first kappa shape index (κ1) is 50.1. The summed E-state index contributed by atoms with van der Waals surface area (Å²) in [5.41, 5.74) is 22.1. The Morgan fingerprint density at radius 1 is 0.276 bits per heavy atom. The zero-order chi connectivity index (χ0) is 57.7. The van der Waals surface area contributed by atoms with Gasteiger partial charge in [-0.2, -0.15) is 0 Å². The summed E-state index contributed by atoms with van der Waals surface area (Å²) >= 11 is 0. The van der Waals surface area contributed by atoms with Crippen molar-refractivity contribution in [3.8, 4) is 11.1 Å². The Morgan fingerprint density at radius 2 is 0.690 bits per heavy atom. The Hall–Kier alpha value is -11.5. The standard InChI is InChI=1S/C83H56N4/c1-3-72-73(4-2)87(80-42-22-21-41-79(80)84(72)59-29-13-7-14-30-59)74-52-51-68-65-34-23-33-62-56(46-49-67(81(62)65)66-35-24-36-69(74)82(66)68)45-43-55-44-48-63-64-50-47-61(54-71(64)83(70(63)53-55,57-25-9-5-10-26-57)58-27-11-6-12-28-58)86-77-39-19-17-37-75(77)85(60-31-15-8-16-32-60)76-38-18-20-40-78(76)86/h3-54H,1-2H2/b45-43+. The summed E-state index contributed by atoms with van der Waals surface area (Å²) in [7, 11) is 0. The van der Waals surface area contributed by atoms with Gasteiger partial charge in [-0.1, -0.05) is 232 Å². The van der Waals surface area contributed by atoms with Crippen LogP contribution in [0.2, 0.25) is 0 Å².